The number of nitrogens with zero attached hydrogens (tertiary/aromatic N) is 3. The smallest absolute Gasteiger partial charge is 0.309 e. The van der Waals surface area contributed by atoms with Gasteiger partial charge < -0.3 is 5.11 Å². The van der Waals surface area contributed by atoms with E-state index in [0.29, 0.717) is 30.6 Å². The van der Waals surface area contributed by atoms with E-state index in [9.17, 15) is 9.90 Å². The largest absolute Gasteiger partial charge is 0.481 e. The third-order valence-corrected chi connectivity index (χ3v) is 10.9. The van der Waals surface area contributed by atoms with E-state index >= 15 is 0 Å². The van der Waals surface area contributed by atoms with Gasteiger partial charge in [0.1, 0.15) is 5.54 Å². The standard InChI is InChI=1S/C43H47N3O2S/c1-28(2)33-12-8-31(9-13-33)22-38(41(47)48)42(20-7-21-44-42)25-40-46-39(27-49-40)35-16-18-37(19-17-35)43(24-36(26-45-43)30(5)6)23-32-10-14-34(15-11-32)29(3)4/h7-21,24,26-30,38H,22-23,25H2,1-6H3,(H,47,48). The fourth-order valence-electron chi connectivity index (χ4n) is 6.86. The molecule has 1 aromatic heterocycles. The third kappa shape index (κ3) is 7.45. The summed E-state index contributed by atoms with van der Waals surface area (Å²) in [5, 5.41) is 13.4. The molecule has 49 heavy (non-hydrogen) atoms. The summed E-state index contributed by atoms with van der Waals surface area (Å²) in [6, 6.07) is 25.9. The Morgan fingerprint density at radius 2 is 1.41 bits per heavy atom. The molecule has 0 fully saturated rings. The lowest BCUT2D eigenvalue weighted by molar-refractivity contribution is -0.143. The van der Waals surface area contributed by atoms with Crippen molar-refractivity contribution < 1.29 is 9.90 Å². The van der Waals surface area contributed by atoms with E-state index in [1.165, 1.54) is 22.3 Å². The summed E-state index contributed by atoms with van der Waals surface area (Å²) in [5.41, 5.74) is 7.83. The molecule has 5 nitrogen and oxygen atoms in total. The molecule has 0 saturated heterocycles. The van der Waals surface area contributed by atoms with Crippen LogP contribution in [0.2, 0.25) is 0 Å². The first-order valence-electron chi connectivity index (χ1n) is 17.4. The molecular formula is C43H47N3O2S. The van der Waals surface area contributed by atoms with Gasteiger partial charge in [-0.1, -0.05) is 120 Å². The van der Waals surface area contributed by atoms with E-state index in [4.69, 9.17) is 15.0 Å². The van der Waals surface area contributed by atoms with Crippen LogP contribution in [-0.2, 0) is 29.6 Å². The minimum atomic E-state index is -0.887. The predicted octanol–water partition coefficient (Wildman–Crippen LogP) is 10.0. The normalized spacial score (nSPS) is 20.6. The Bertz CT molecular complexity index is 1880. The van der Waals surface area contributed by atoms with Crippen LogP contribution in [0, 0.1) is 11.8 Å². The van der Waals surface area contributed by atoms with Crippen molar-refractivity contribution in [1.29, 1.82) is 0 Å². The number of carboxylic acid groups (broad SMARTS) is 1. The molecule has 3 unspecified atom stereocenters. The molecule has 0 amide bonds. The summed E-state index contributed by atoms with van der Waals surface area (Å²) < 4.78 is 0. The van der Waals surface area contributed by atoms with Crippen LogP contribution in [0.3, 0.4) is 0 Å². The number of hydrogen-bond donors (Lipinski definition) is 1. The highest BCUT2D eigenvalue weighted by atomic mass is 32.1. The first-order chi connectivity index (χ1) is 23.5. The van der Waals surface area contributed by atoms with Crippen LogP contribution in [0.4, 0.5) is 0 Å². The van der Waals surface area contributed by atoms with Crippen LogP contribution in [0.15, 0.2) is 112 Å². The van der Waals surface area contributed by atoms with E-state index in [-0.39, 0.29) is 0 Å². The number of thiazole rings is 1. The molecule has 252 valence electrons. The third-order valence-electron chi connectivity index (χ3n) is 10.1. The lowest BCUT2D eigenvalue weighted by atomic mass is 9.78. The molecule has 0 aliphatic carbocycles. The van der Waals surface area contributed by atoms with Crippen LogP contribution in [0.5, 0.6) is 0 Å². The molecule has 1 N–H and O–H groups in total. The van der Waals surface area contributed by atoms with Gasteiger partial charge in [0.05, 0.1) is 22.2 Å². The molecule has 2 aliphatic heterocycles. The number of aromatic nitrogens is 1. The topological polar surface area (TPSA) is 74.9 Å². The number of rotatable bonds is 13. The van der Waals surface area contributed by atoms with Crippen molar-refractivity contribution in [3.8, 4) is 11.3 Å². The lowest BCUT2D eigenvalue weighted by Gasteiger charge is -2.30. The summed E-state index contributed by atoms with van der Waals surface area (Å²) in [6.45, 7) is 13.2. The Labute approximate surface area is 295 Å². The molecule has 4 aromatic rings. The zero-order valence-corrected chi connectivity index (χ0v) is 30.2. The molecule has 0 spiro atoms. The van der Waals surface area contributed by atoms with Crippen LogP contribution in [-0.4, -0.2) is 34.0 Å². The number of hydrogen-bond acceptors (Lipinski definition) is 5. The molecule has 6 heteroatoms. The van der Waals surface area contributed by atoms with E-state index < -0.39 is 23.0 Å². The maximum Gasteiger partial charge on any atom is 0.309 e. The molecule has 3 aromatic carbocycles. The number of allylic oxidation sites excluding steroid dienone is 2. The summed E-state index contributed by atoms with van der Waals surface area (Å²) in [7, 11) is 0. The van der Waals surface area contributed by atoms with E-state index in [0.717, 1.165) is 33.8 Å². The minimum Gasteiger partial charge on any atom is -0.481 e. The van der Waals surface area contributed by atoms with Crippen LogP contribution in [0.25, 0.3) is 11.3 Å². The van der Waals surface area contributed by atoms with Gasteiger partial charge in [0.25, 0.3) is 0 Å². The van der Waals surface area contributed by atoms with Gasteiger partial charge in [-0.3, -0.25) is 14.8 Å². The maximum absolute atomic E-state index is 12.7. The number of benzene rings is 3. The Kier molecular flexibility index (Phi) is 9.99. The van der Waals surface area contributed by atoms with Gasteiger partial charge in [-0.2, -0.15) is 0 Å². The zero-order chi connectivity index (χ0) is 34.8. The maximum atomic E-state index is 12.7. The van der Waals surface area contributed by atoms with Gasteiger partial charge in [0.15, 0.2) is 0 Å². The number of carbonyl (C=O) groups is 1. The Morgan fingerprint density at radius 1 is 0.776 bits per heavy atom. The van der Waals surface area contributed by atoms with Crippen LogP contribution >= 0.6 is 11.3 Å². The summed E-state index contributed by atoms with van der Waals surface area (Å²) >= 11 is 1.56. The highest BCUT2D eigenvalue weighted by molar-refractivity contribution is 7.10. The second-order valence-corrected chi connectivity index (χ2v) is 15.5. The van der Waals surface area contributed by atoms with E-state index in [1.807, 2.05) is 12.2 Å². The lowest BCUT2D eigenvalue weighted by Crippen LogP contribution is -2.41. The molecule has 3 heterocycles. The fourth-order valence-corrected chi connectivity index (χ4v) is 7.76. The first-order valence-corrected chi connectivity index (χ1v) is 18.3. The molecule has 0 bridgehead atoms. The van der Waals surface area contributed by atoms with E-state index in [1.54, 1.807) is 17.6 Å². The fraction of sp³-hybridized carbons (Fsp3) is 0.349. The van der Waals surface area contributed by atoms with Crippen molar-refractivity contribution in [2.45, 2.75) is 83.7 Å². The second kappa shape index (κ2) is 14.2. The van der Waals surface area contributed by atoms with Crippen molar-refractivity contribution >= 4 is 29.7 Å². The molecular weight excluding hydrogens is 623 g/mol. The second-order valence-electron chi connectivity index (χ2n) is 14.6. The van der Waals surface area contributed by atoms with Gasteiger partial charge in [0, 0.05) is 36.2 Å². The average Bonchev–Trinajstić information content (AvgIpc) is 3.86. The van der Waals surface area contributed by atoms with Crippen molar-refractivity contribution in [2.24, 2.45) is 21.8 Å². The van der Waals surface area contributed by atoms with Gasteiger partial charge in [-0.25, -0.2) is 4.98 Å². The predicted molar refractivity (Wildman–Crippen MR) is 204 cm³/mol. The van der Waals surface area contributed by atoms with Crippen LogP contribution in [0.1, 0.15) is 86.2 Å². The molecule has 3 atom stereocenters. The summed E-state index contributed by atoms with van der Waals surface area (Å²) in [5.74, 6) is -0.244. The van der Waals surface area contributed by atoms with Crippen molar-refractivity contribution in [2.75, 3.05) is 0 Å². The number of carboxylic acids is 1. The van der Waals surface area contributed by atoms with Gasteiger partial charge in [-0.05, 0) is 69.7 Å². The highest BCUT2D eigenvalue weighted by Crippen LogP contribution is 2.40. The number of aliphatic carboxylic acids is 1. The molecule has 0 saturated carbocycles. The zero-order valence-electron chi connectivity index (χ0n) is 29.4. The average molecular weight is 670 g/mol. The van der Waals surface area contributed by atoms with Crippen molar-refractivity contribution in [3.63, 3.8) is 0 Å². The first kappa shape index (κ1) is 34.4. The van der Waals surface area contributed by atoms with Gasteiger partial charge in [0.2, 0.25) is 0 Å². The molecule has 2 aliphatic rings. The molecule has 0 radical (unpaired) electrons. The van der Waals surface area contributed by atoms with E-state index in [2.05, 4.69) is 132 Å². The Hall–Kier alpha value is -4.42. The Morgan fingerprint density at radius 3 is 1.94 bits per heavy atom. The Balaban J connectivity index is 1.23. The minimum absolute atomic E-state index is 0.397. The highest BCUT2D eigenvalue weighted by Gasteiger charge is 2.43. The van der Waals surface area contributed by atoms with Crippen molar-refractivity contribution in [3.05, 3.63) is 135 Å². The van der Waals surface area contributed by atoms with Gasteiger partial charge in [-0.15, -0.1) is 11.3 Å². The van der Waals surface area contributed by atoms with Crippen LogP contribution < -0.4 is 0 Å². The summed E-state index contributed by atoms with van der Waals surface area (Å²) in [4.78, 5) is 27.7. The van der Waals surface area contributed by atoms with Crippen molar-refractivity contribution in [1.82, 2.24) is 4.98 Å². The quantitative estimate of drug-likeness (QED) is 0.154. The summed E-state index contributed by atoms with van der Waals surface area (Å²) in [6.07, 6.45) is 11.6. The number of aliphatic imine (C=N–C) groups is 2. The molecule has 6 rings (SSSR count). The van der Waals surface area contributed by atoms with Gasteiger partial charge >= 0.3 is 5.97 Å². The SMILES string of the molecule is CC(C)C1=CC(Cc2ccc(C(C)C)cc2)(c2ccc(-c3csc(CC4(C(Cc5ccc(C(C)C)cc5)C(=O)O)C=CC=N4)n3)cc2)N=C1. The monoisotopic (exact) mass is 669 g/mol.